The second-order valence-corrected chi connectivity index (χ2v) is 5.39. The molecule has 1 aliphatic heterocycles. The zero-order valence-corrected chi connectivity index (χ0v) is 15.2. The summed E-state index contributed by atoms with van der Waals surface area (Å²) in [4.78, 5) is 4.57. The Kier molecular flexibility index (Phi) is 8.27. The number of fused-ring (bicyclic) bond motifs is 1. The highest BCUT2D eigenvalue weighted by atomic mass is 127. The summed E-state index contributed by atoms with van der Waals surface area (Å²) in [5.74, 6) is 4.00. The number of hydrogen-bond acceptors (Lipinski definition) is 4. The van der Waals surface area contributed by atoms with Crippen molar-refractivity contribution in [2.45, 2.75) is 32.9 Å². The molecule has 20 heavy (non-hydrogen) atoms. The van der Waals surface area contributed by atoms with Gasteiger partial charge in [0.15, 0.2) is 11.8 Å². The maximum absolute atomic E-state index is 4.57. The Labute approximate surface area is 141 Å². The first-order valence-corrected chi connectivity index (χ1v) is 8.16. The summed E-state index contributed by atoms with van der Waals surface area (Å²) in [6.45, 7) is 5.47. The summed E-state index contributed by atoms with van der Waals surface area (Å²) < 4.78 is 2.19. The highest BCUT2D eigenvalue weighted by molar-refractivity contribution is 14.0. The second-order valence-electron chi connectivity index (χ2n) is 4.40. The van der Waals surface area contributed by atoms with Gasteiger partial charge in [0.05, 0.1) is 0 Å². The Bertz CT molecular complexity index is 434. The summed E-state index contributed by atoms with van der Waals surface area (Å²) in [6.07, 6.45) is 4.32. The van der Waals surface area contributed by atoms with Crippen molar-refractivity contribution in [3.05, 3.63) is 11.6 Å². The molecule has 2 N–H and O–H groups in total. The fraction of sp³-hybridized carbons (Fsp3) is 0.750. The minimum atomic E-state index is 0. The SMILES string of the molecule is CCNC(=NCc1nnc2n1CCC2)NCCSC.I. The van der Waals surface area contributed by atoms with E-state index in [1.807, 2.05) is 11.8 Å². The van der Waals surface area contributed by atoms with E-state index in [0.717, 1.165) is 49.4 Å². The lowest BCUT2D eigenvalue weighted by Crippen LogP contribution is -2.38. The Morgan fingerprint density at radius 2 is 2.25 bits per heavy atom. The average molecular weight is 410 g/mol. The van der Waals surface area contributed by atoms with Gasteiger partial charge in [-0.2, -0.15) is 11.8 Å². The zero-order valence-electron chi connectivity index (χ0n) is 12.1. The zero-order chi connectivity index (χ0) is 13.5. The monoisotopic (exact) mass is 410 g/mol. The van der Waals surface area contributed by atoms with E-state index in [1.54, 1.807) is 0 Å². The molecular formula is C12H23IN6S. The fourth-order valence-electron chi connectivity index (χ4n) is 2.09. The molecule has 0 saturated carbocycles. The molecule has 0 aliphatic carbocycles. The van der Waals surface area contributed by atoms with E-state index >= 15 is 0 Å². The van der Waals surface area contributed by atoms with Crippen LogP contribution in [0.2, 0.25) is 0 Å². The molecule has 0 spiro atoms. The van der Waals surface area contributed by atoms with Gasteiger partial charge in [0.1, 0.15) is 12.4 Å². The number of nitrogens with one attached hydrogen (secondary N) is 2. The minimum Gasteiger partial charge on any atom is -0.357 e. The van der Waals surface area contributed by atoms with Crippen LogP contribution in [0.15, 0.2) is 4.99 Å². The lowest BCUT2D eigenvalue weighted by Gasteiger charge is -2.10. The van der Waals surface area contributed by atoms with Crippen LogP contribution in [-0.2, 0) is 19.5 Å². The molecule has 2 heterocycles. The van der Waals surface area contributed by atoms with E-state index in [0.29, 0.717) is 6.54 Å². The molecule has 0 saturated heterocycles. The van der Waals surface area contributed by atoms with Crippen LogP contribution in [0, 0.1) is 0 Å². The largest absolute Gasteiger partial charge is 0.357 e. The smallest absolute Gasteiger partial charge is 0.191 e. The predicted molar refractivity (Wildman–Crippen MR) is 95.0 cm³/mol. The van der Waals surface area contributed by atoms with Gasteiger partial charge in [-0.05, 0) is 19.6 Å². The van der Waals surface area contributed by atoms with Crippen molar-refractivity contribution in [2.24, 2.45) is 4.99 Å². The van der Waals surface area contributed by atoms with Crippen LogP contribution in [0.4, 0.5) is 0 Å². The minimum absolute atomic E-state index is 0. The fourth-order valence-corrected chi connectivity index (χ4v) is 2.40. The molecule has 0 unspecified atom stereocenters. The van der Waals surface area contributed by atoms with Crippen LogP contribution < -0.4 is 10.6 Å². The Balaban J connectivity index is 0.00000200. The Morgan fingerprint density at radius 3 is 3.00 bits per heavy atom. The Morgan fingerprint density at radius 1 is 1.40 bits per heavy atom. The quantitative estimate of drug-likeness (QED) is 0.320. The van der Waals surface area contributed by atoms with E-state index in [1.165, 1.54) is 6.42 Å². The molecule has 8 heteroatoms. The highest BCUT2D eigenvalue weighted by Crippen LogP contribution is 2.14. The molecule has 0 amide bonds. The summed E-state index contributed by atoms with van der Waals surface area (Å²) in [7, 11) is 0. The molecule has 0 fully saturated rings. The van der Waals surface area contributed by atoms with Crippen molar-refractivity contribution in [1.82, 2.24) is 25.4 Å². The van der Waals surface area contributed by atoms with E-state index < -0.39 is 0 Å². The van der Waals surface area contributed by atoms with Crippen molar-refractivity contribution in [1.29, 1.82) is 0 Å². The molecular weight excluding hydrogens is 387 g/mol. The number of aliphatic imine (C=N–C) groups is 1. The number of aryl methyl sites for hydroxylation is 1. The first-order chi connectivity index (χ1) is 9.35. The van der Waals surface area contributed by atoms with Crippen molar-refractivity contribution in [2.75, 3.05) is 25.1 Å². The molecule has 0 atom stereocenters. The summed E-state index contributed by atoms with van der Waals surface area (Å²) in [6, 6.07) is 0. The first kappa shape index (κ1) is 17.5. The molecule has 0 radical (unpaired) electrons. The van der Waals surface area contributed by atoms with Gasteiger partial charge in [0.25, 0.3) is 0 Å². The van der Waals surface area contributed by atoms with E-state index in [4.69, 9.17) is 0 Å². The number of hydrogen-bond donors (Lipinski definition) is 2. The van der Waals surface area contributed by atoms with Crippen molar-refractivity contribution in [3.8, 4) is 0 Å². The van der Waals surface area contributed by atoms with Crippen LogP contribution in [-0.4, -0.2) is 45.8 Å². The van der Waals surface area contributed by atoms with E-state index in [2.05, 4.69) is 43.6 Å². The number of aromatic nitrogens is 3. The third-order valence-corrected chi connectivity index (χ3v) is 3.62. The van der Waals surface area contributed by atoms with Crippen LogP contribution in [0.25, 0.3) is 0 Å². The average Bonchev–Trinajstić information content (AvgIpc) is 2.99. The molecule has 6 nitrogen and oxygen atoms in total. The van der Waals surface area contributed by atoms with Crippen LogP contribution in [0.5, 0.6) is 0 Å². The van der Waals surface area contributed by atoms with Gasteiger partial charge in [0, 0.05) is 31.8 Å². The van der Waals surface area contributed by atoms with Gasteiger partial charge < -0.3 is 15.2 Å². The molecule has 0 aromatic carbocycles. The topological polar surface area (TPSA) is 67.1 Å². The second kappa shape index (κ2) is 9.43. The highest BCUT2D eigenvalue weighted by Gasteiger charge is 2.16. The third kappa shape index (κ3) is 4.80. The summed E-state index contributed by atoms with van der Waals surface area (Å²) >= 11 is 1.82. The molecule has 1 aromatic rings. The lowest BCUT2D eigenvalue weighted by atomic mass is 10.4. The normalized spacial score (nSPS) is 13.8. The molecule has 114 valence electrons. The number of nitrogens with zero attached hydrogens (tertiary/aromatic N) is 4. The van der Waals surface area contributed by atoms with Crippen LogP contribution in [0.3, 0.4) is 0 Å². The first-order valence-electron chi connectivity index (χ1n) is 6.77. The molecule has 1 aromatic heterocycles. The summed E-state index contributed by atoms with van der Waals surface area (Å²) in [5, 5.41) is 15.0. The summed E-state index contributed by atoms with van der Waals surface area (Å²) in [5.41, 5.74) is 0. The third-order valence-electron chi connectivity index (χ3n) is 3.01. The van der Waals surface area contributed by atoms with Gasteiger partial charge >= 0.3 is 0 Å². The number of halogens is 1. The van der Waals surface area contributed by atoms with Crippen LogP contribution >= 0.6 is 35.7 Å². The van der Waals surface area contributed by atoms with Crippen molar-refractivity contribution in [3.63, 3.8) is 0 Å². The van der Waals surface area contributed by atoms with Gasteiger partial charge in [-0.3, -0.25) is 0 Å². The molecule has 0 bridgehead atoms. The van der Waals surface area contributed by atoms with Crippen molar-refractivity contribution >= 4 is 41.7 Å². The molecule has 1 aliphatic rings. The van der Waals surface area contributed by atoms with E-state index in [9.17, 15) is 0 Å². The number of guanidine groups is 1. The van der Waals surface area contributed by atoms with Gasteiger partial charge in [0.2, 0.25) is 0 Å². The number of thioether (sulfide) groups is 1. The van der Waals surface area contributed by atoms with Gasteiger partial charge in [-0.25, -0.2) is 4.99 Å². The van der Waals surface area contributed by atoms with Gasteiger partial charge in [-0.1, -0.05) is 0 Å². The maximum atomic E-state index is 4.57. The van der Waals surface area contributed by atoms with Gasteiger partial charge in [-0.15, -0.1) is 34.2 Å². The predicted octanol–water partition coefficient (Wildman–Crippen LogP) is 1.26. The van der Waals surface area contributed by atoms with E-state index in [-0.39, 0.29) is 24.0 Å². The standard InChI is InChI=1S/C12H22N6S.HI/c1-3-13-12(14-6-8-19-2)15-9-11-17-16-10-5-4-7-18(10)11;/h3-9H2,1-2H3,(H2,13,14,15);1H. The number of rotatable bonds is 6. The lowest BCUT2D eigenvalue weighted by molar-refractivity contribution is 0.685. The Hall–Kier alpha value is -0.510. The molecule has 2 rings (SSSR count). The maximum Gasteiger partial charge on any atom is 0.191 e. The van der Waals surface area contributed by atoms with Crippen LogP contribution in [0.1, 0.15) is 25.0 Å². The van der Waals surface area contributed by atoms with Crippen molar-refractivity contribution < 1.29 is 0 Å².